The van der Waals surface area contributed by atoms with Crippen molar-refractivity contribution in [1.82, 2.24) is 0 Å². The maximum absolute atomic E-state index is 2.50. The Morgan fingerprint density at radius 2 is 0.624 bits per heavy atom. The summed E-state index contributed by atoms with van der Waals surface area (Å²) in [7, 11) is 8.83. The van der Waals surface area contributed by atoms with Crippen molar-refractivity contribution in [2.45, 2.75) is 281 Å². The average molecular weight is 1610 g/mol. The number of aromatic nitrogens is 4. The minimum absolute atomic E-state index is 0.164. The Kier molecular flexibility index (Phi) is 29.1. The molecule has 4 heterocycles. The molecule has 0 aliphatic rings. The van der Waals surface area contributed by atoms with E-state index < -0.39 is 53.1 Å². The molecule has 550 valence electrons. The van der Waals surface area contributed by atoms with Crippen LogP contribution in [-0.2, 0) is 56.3 Å². The number of benzene rings is 4. The van der Waals surface area contributed by atoms with Gasteiger partial charge in [0.2, 0.25) is 0 Å². The fourth-order valence-electron chi connectivity index (χ4n) is 14.5. The van der Waals surface area contributed by atoms with Crippen molar-refractivity contribution in [1.29, 1.82) is 0 Å². The zero-order valence-corrected chi connectivity index (χ0v) is 80.6. The van der Waals surface area contributed by atoms with E-state index in [0.717, 1.165) is 6.42 Å². The predicted octanol–water partition coefficient (Wildman–Crippen LogP) is 21.9. The molecule has 4 aromatic heterocycles. The van der Waals surface area contributed by atoms with Crippen LogP contribution in [0.1, 0.15) is 216 Å². The second kappa shape index (κ2) is 33.6. The van der Waals surface area contributed by atoms with Gasteiger partial charge in [-0.2, -0.15) is 0 Å². The van der Waals surface area contributed by atoms with Crippen molar-refractivity contribution in [2.75, 3.05) is 0 Å². The van der Waals surface area contributed by atoms with Gasteiger partial charge in [0.25, 0.3) is 0 Å². The van der Waals surface area contributed by atoms with Gasteiger partial charge < -0.3 is 0 Å². The molecule has 0 amide bonds. The Balaban J connectivity index is 0.000000243. The third-order valence-electron chi connectivity index (χ3n) is 20.6. The first-order valence-corrected chi connectivity index (χ1v) is 67.9. The molecule has 8 heteroatoms. The third kappa shape index (κ3) is 22.8. The molecule has 0 fully saturated rings. The van der Waals surface area contributed by atoms with Crippen molar-refractivity contribution < 1.29 is 18.3 Å². The van der Waals surface area contributed by atoms with Crippen molar-refractivity contribution in [3.05, 3.63) is 189 Å². The molecular weight excluding hydrogens is 1460 g/mol. The Labute approximate surface area is 632 Å². The van der Waals surface area contributed by atoms with Gasteiger partial charge in [0.15, 0.2) is 0 Å². The number of hydrogen-bond donors (Lipinski definition) is 0. The summed E-state index contributed by atoms with van der Waals surface area (Å²) in [4.78, 5) is 0. The molecule has 8 rings (SSSR count). The second-order valence-corrected chi connectivity index (χ2v) is 81.6. The van der Waals surface area contributed by atoms with E-state index in [1.54, 1.807) is 17.6 Å². The van der Waals surface area contributed by atoms with Gasteiger partial charge in [0.1, 0.15) is 0 Å². The monoisotopic (exact) mass is 1610 g/mol. The summed E-state index contributed by atoms with van der Waals surface area (Å²) >= 11 is -7.76. The van der Waals surface area contributed by atoms with Crippen LogP contribution in [0.5, 0.6) is 0 Å². The van der Waals surface area contributed by atoms with Crippen molar-refractivity contribution >= 4 is 70.6 Å². The Morgan fingerprint density at radius 1 is 0.327 bits per heavy atom. The first kappa shape index (κ1) is 87.3. The molecule has 0 saturated carbocycles. The van der Waals surface area contributed by atoms with Gasteiger partial charge in [0.05, 0.1) is 0 Å². The Hall–Kier alpha value is -4.35. The number of rotatable bonds is 14. The number of nitrogens with zero attached hydrogens (tertiary/aromatic N) is 4. The van der Waals surface area contributed by atoms with Crippen LogP contribution in [0.15, 0.2) is 122 Å². The molecule has 4 nitrogen and oxygen atoms in total. The van der Waals surface area contributed by atoms with Crippen LogP contribution < -0.4 is 35.9 Å². The standard InChI is InChI=1S/C25H40GeN.C24H38GeN.C23H36GeN.C21H32GeN/c1-11-19(12-2)20-14-13-18(3)21(15-20)24-16-22(25(4,5)6)23(17-27(24)10)26(7,8)9;1-17(2)13-19-11-12-20(18(3)14-19)23-15-21(24(4,5)6)22(16-26(23)10)25(7,8)9;1-16(2)18-11-12-19(17(3)13-18)22-14-20(23(4,5)6)21(15-25(22)10)24(7,8)9;1-15-10-11-17(16(2)12-15)20-13-18(21(3,4)5)19(14-23(20)9)22(6,7)8/h13-17,19H,11-12H2,1-10H3;11-12,14-17H,13H2,1-10H3;11-16H,1-10H3;10-14H,1-9H3/q4*+1. The van der Waals surface area contributed by atoms with E-state index in [0.29, 0.717) is 17.8 Å². The number of hydrogen-bond acceptors (Lipinski definition) is 0. The van der Waals surface area contributed by atoms with Crippen LogP contribution in [0.4, 0.5) is 0 Å². The van der Waals surface area contributed by atoms with Gasteiger partial charge in [-0.1, -0.05) is 0 Å². The second-order valence-electron chi connectivity index (χ2n) is 39.3. The topological polar surface area (TPSA) is 15.5 Å². The normalized spacial score (nSPS) is 12.7. The zero-order chi connectivity index (χ0) is 77.2. The fourth-order valence-corrected chi connectivity index (χ4v) is 29.9. The molecule has 0 spiro atoms. The number of pyridine rings is 4. The molecule has 0 radical (unpaired) electrons. The summed E-state index contributed by atoms with van der Waals surface area (Å²) in [6, 6.07) is 37.7. The van der Waals surface area contributed by atoms with Gasteiger partial charge in [-0.25, -0.2) is 0 Å². The molecule has 4 aromatic carbocycles. The molecule has 0 atom stereocenters. The molecule has 0 saturated heterocycles. The van der Waals surface area contributed by atoms with Crippen molar-refractivity contribution in [3.63, 3.8) is 0 Å². The summed E-state index contributed by atoms with van der Waals surface area (Å²) in [5.41, 5.74) is 28.7. The SMILES string of the molecule is CCC(CC)c1ccc(C)c(-c2cc(C(C)(C)C)[c]([Ge]([CH3])([CH3])[CH3])c[n+]2C)c1.Cc1cc(C(C)C)ccc1-c1cc(C(C)(C)C)[c]([Ge]([CH3])([CH3])[CH3])c[n+]1C.Cc1cc(CC(C)C)ccc1-c1cc(C(C)(C)C)[c]([Ge]([CH3])([CH3])[CH3])c[n+]1C.Cc1ccc(-c2cc(C(C)(C)C)[c]([Ge]([CH3])([CH3])[CH3])c[n+]2C)c(C)c1. The van der Waals surface area contributed by atoms with E-state index in [2.05, 4.69) is 397 Å². The van der Waals surface area contributed by atoms with Crippen LogP contribution in [0.25, 0.3) is 45.0 Å². The molecule has 0 N–H and O–H groups in total. The Bertz CT molecular complexity index is 4180. The molecular formula is C93H146Ge4N4+4. The average Bonchev–Trinajstić information content (AvgIpc) is 0.785. The predicted molar refractivity (Wildman–Crippen MR) is 459 cm³/mol. The first-order valence-electron chi connectivity index (χ1n) is 38.5. The van der Waals surface area contributed by atoms with E-state index >= 15 is 0 Å². The van der Waals surface area contributed by atoms with E-state index in [1.807, 2.05) is 0 Å². The molecule has 8 aromatic rings. The first-order chi connectivity index (χ1) is 45.9. The molecule has 0 unspecified atom stereocenters. The summed E-state index contributed by atoms with van der Waals surface area (Å²) in [6.07, 6.45) is 13.3. The molecule has 0 aliphatic heterocycles. The van der Waals surface area contributed by atoms with Crippen LogP contribution >= 0.6 is 0 Å². The van der Waals surface area contributed by atoms with Gasteiger partial charge in [-0.15, -0.1) is 0 Å². The van der Waals surface area contributed by atoms with Gasteiger partial charge in [-0.05, 0) is 0 Å². The van der Waals surface area contributed by atoms with Gasteiger partial charge in [-0.3, -0.25) is 0 Å². The number of aryl methyl sites for hydroxylation is 9. The van der Waals surface area contributed by atoms with Crippen molar-refractivity contribution in [2.24, 2.45) is 34.1 Å². The summed E-state index contributed by atoms with van der Waals surface area (Å²) in [6.45, 7) is 53.0. The molecule has 0 aliphatic carbocycles. The summed E-state index contributed by atoms with van der Waals surface area (Å²) in [5, 5.41) is 0. The van der Waals surface area contributed by atoms with Crippen LogP contribution in [0, 0.1) is 40.5 Å². The van der Waals surface area contributed by atoms with Gasteiger partial charge >= 0.3 is 638 Å². The van der Waals surface area contributed by atoms with E-state index in [9.17, 15) is 0 Å². The fraction of sp³-hybridized carbons (Fsp3) is 0.527. The molecule has 101 heavy (non-hydrogen) atoms. The van der Waals surface area contributed by atoms with Crippen LogP contribution in [-0.4, -0.2) is 53.1 Å². The van der Waals surface area contributed by atoms with Crippen molar-refractivity contribution in [3.8, 4) is 45.0 Å². The van der Waals surface area contributed by atoms with E-state index in [4.69, 9.17) is 0 Å². The van der Waals surface area contributed by atoms with Crippen LogP contribution in [0.2, 0.25) is 69.1 Å². The maximum atomic E-state index is 2.50. The van der Waals surface area contributed by atoms with E-state index in [-0.39, 0.29) is 21.7 Å². The Morgan fingerprint density at radius 3 is 0.901 bits per heavy atom. The summed E-state index contributed by atoms with van der Waals surface area (Å²) in [5.74, 6) is 31.9. The third-order valence-corrected chi connectivity index (χ3v) is 37.5. The summed E-state index contributed by atoms with van der Waals surface area (Å²) < 4.78 is 15.9. The zero-order valence-electron chi connectivity index (χ0n) is 72.2. The molecule has 0 bridgehead atoms. The van der Waals surface area contributed by atoms with Crippen LogP contribution in [0.3, 0.4) is 0 Å². The minimum atomic E-state index is -1.96. The quantitative estimate of drug-likeness (QED) is 0.0762. The van der Waals surface area contributed by atoms with Gasteiger partial charge in [0, 0.05) is 0 Å². The van der Waals surface area contributed by atoms with E-state index in [1.165, 1.54) is 125 Å².